The second-order valence-electron chi connectivity index (χ2n) is 3.07. The molecule has 0 aliphatic carbocycles. The van der Waals surface area contributed by atoms with Gasteiger partial charge in [-0.3, -0.25) is 0 Å². The van der Waals surface area contributed by atoms with Gasteiger partial charge in [0.05, 0.1) is 0 Å². The Balaban J connectivity index is 0.000000253. The molecule has 0 fully saturated rings. The Hall–Kier alpha value is -2.69. The zero-order valence-electron chi connectivity index (χ0n) is 9.73. The predicted molar refractivity (Wildman–Crippen MR) is 70.0 cm³/mol. The number of rotatable bonds is 0. The number of primary amides is 2. The first-order chi connectivity index (χ1) is 8.52. The summed E-state index contributed by atoms with van der Waals surface area (Å²) in [6.07, 6.45) is 0. The van der Waals surface area contributed by atoms with Crippen LogP contribution in [0.5, 0.6) is 11.5 Å². The molecule has 0 unspecified atom stereocenters. The number of phenolic OH excluding ortho intramolecular Hbond substituents is 2. The third-order valence-corrected chi connectivity index (χ3v) is 1.51. The van der Waals surface area contributed by atoms with Crippen LogP contribution < -0.4 is 11.5 Å². The topological polar surface area (TPSA) is 110 Å². The fraction of sp³-hybridized carbons (Fsp3) is 0. The van der Waals surface area contributed by atoms with E-state index >= 15 is 0 Å². The molecule has 0 saturated carbocycles. The first-order valence-corrected chi connectivity index (χ1v) is 5.05. The van der Waals surface area contributed by atoms with Crippen molar-refractivity contribution in [2.24, 2.45) is 11.5 Å². The fourth-order valence-corrected chi connectivity index (χ4v) is 0.856. The molecule has 0 radical (unpaired) electrons. The van der Waals surface area contributed by atoms with Crippen molar-refractivity contribution in [3.8, 4) is 11.5 Å². The van der Waals surface area contributed by atoms with Crippen LogP contribution in [-0.2, 0) is 0 Å². The normalized spacial score (nSPS) is 8.00. The van der Waals surface area contributed by atoms with Gasteiger partial charge >= 0.3 is 6.03 Å². The van der Waals surface area contributed by atoms with Gasteiger partial charge in [-0.1, -0.05) is 36.4 Å². The van der Waals surface area contributed by atoms with Crippen molar-refractivity contribution in [1.29, 1.82) is 0 Å². The number of amides is 2. The van der Waals surface area contributed by atoms with Gasteiger partial charge in [0, 0.05) is 0 Å². The molecule has 96 valence electrons. The zero-order chi connectivity index (χ0) is 13.8. The third kappa shape index (κ3) is 11.4. The maximum absolute atomic E-state index is 9.00. The number of carbonyl (C=O) groups is 1. The minimum absolute atomic E-state index is 0.322. The highest BCUT2D eigenvalue weighted by Gasteiger charge is 1.75. The summed E-state index contributed by atoms with van der Waals surface area (Å²) in [7, 11) is 0. The molecule has 5 nitrogen and oxygen atoms in total. The molecule has 5 heteroatoms. The molecule has 0 aromatic heterocycles. The van der Waals surface area contributed by atoms with E-state index in [4.69, 9.17) is 15.0 Å². The summed E-state index contributed by atoms with van der Waals surface area (Å²) in [5, 5.41) is 17.3. The largest absolute Gasteiger partial charge is 0.508 e. The van der Waals surface area contributed by atoms with Gasteiger partial charge in [-0.05, 0) is 24.3 Å². The molecule has 6 N–H and O–H groups in total. The van der Waals surface area contributed by atoms with Gasteiger partial charge < -0.3 is 21.7 Å². The Labute approximate surface area is 105 Å². The number of aromatic hydroxyl groups is 2. The first kappa shape index (κ1) is 15.3. The molecule has 2 rings (SSSR count). The van der Waals surface area contributed by atoms with Gasteiger partial charge in [-0.25, -0.2) is 4.79 Å². The average Bonchev–Trinajstić information content (AvgIpc) is 2.31. The highest BCUT2D eigenvalue weighted by molar-refractivity contribution is 5.69. The SMILES string of the molecule is NC(N)=O.Oc1ccccc1.Oc1ccccc1. The minimum Gasteiger partial charge on any atom is -0.508 e. The Morgan fingerprint density at radius 3 is 1.06 bits per heavy atom. The number of carbonyl (C=O) groups excluding carboxylic acids is 1. The van der Waals surface area contributed by atoms with Gasteiger partial charge in [0.1, 0.15) is 11.5 Å². The lowest BCUT2D eigenvalue weighted by atomic mass is 10.3. The predicted octanol–water partition coefficient (Wildman–Crippen LogP) is 1.81. The Morgan fingerprint density at radius 1 is 0.722 bits per heavy atom. The summed E-state index contributed by atoms with van der Waals surface area (Å²) >= 11 is 0. The molecule has 2 amide bonds. The van der Waals surface area contributed by atoms with Crippen molar-refractivity contribution in [1.82, 2.24) is 0 Å². The van der Waals surface area contributed by atoms with Crippen LogP contribution in [0.15, 0.2) is 60.7 Å². The Kier molecular flexibility index (Phi) is 8.11. The minimum atomic E-state index is -0.833. The maximum Gasteiger partial charge on any atom is 0.309 e. The molecule has 0 aliphatic rings. The quantitative estimate of drug-likeness (QED) is 0.570. The monoisotopic (exact) mass is 248 g/mol. The second-order valence-corrected chi connectivity index (χ2v) is 3.07. The maximum atomic E-state index is 9.00. The van der Waals surface area contributed by atoms with E-state index in [-0.39, 0.29) is 0 Å². The number of phenols is 2. The second kappa shape index (κ2) is 9.53. The molecule has 0 aliphatic heterocycles. The van der Waals surface area contributed by atoms with E-state index in [1.165, 1.54) is 0 Å². The van der Waals surface area contributed by atoms with E-state index in [0.29, 0.717) is 11.5 Å². The number of hydrogen-bond donors (Lipinski definition) is 4. The molecule has 0 atom stereocenters. The molecule has 18 heavy (non-hydrogen) atoms. The van der Waals surface area contributed by atoms with Crippen LogP contribution in [0.3, 0.4) is 0 Å². The summed E-state index contributed by atoms with van der Waals surface area (Å²) in [6.45, 7) is 0. The zero-order valence-corrected chi connectivity index (χ0v) is 9.73. The number of benzene rings is 2. The number of nitrogens with two attached hydrogens (primary N) is 2. The van der Waals surface area contributed by atoms with E-state index in [0.717, 1.165) is 0 Å². The van der Waals surface area contributed by atoms with Crippen molar-refractivity contribution in [2.45, 2.75) is 0 Å². The van der Waals surface area contributed by atoms with Gasteiger partial charge in [-0.2, -0.15) is 0 Å². The molecule has 0 spiro atoms. The van der Waals surface area contributed by atoms with Crippen molar-refractivity contribution in [3.05, 3.63) is 60.7 Å². The van der Waals surface area contributed by atoms with Gasteiger partial charge in [0.2, 0.25) is 0 Å². The molecule has 2 aromatic rings. The smallest absolute Gasteiger partial charge is 0.309 e. The summed E-state index contributed by atoms with van der Waals surface area (Å²) in [4.78, 5) is 9.00. The van der Waals surface area contributed by atoms with Crippen LogP contribution in [0.25, 0.3) is 0 Å². The highest BCUT2D eigenvalue weighted by atomic mass is 16.3. The van der Waals surface area contributed by atoms with E-state index in [9.17, 15) is 0 Å². The summed E-state index contributed by atoms with van der Waals surface area (Å²) in [5.74, 6) is 0.644. The number of para-hydroxylation sites is 2. The Morgan fingerprint density at radius 2 is 0.944 bits per heavy atom. The van der Waals surface area contributed by atoms with Crippen molar-refractivity contribution < 1.29 is 15.0 Å². The molecule has 0 heterocycles. The molecule has 0 bridgehead atoms. The van der Waals surface area contributed by atoms with Crippen LogP contribution in [0.1, 0.15) is 0 Å². The fourth-order valence-electron chi connectivity index (χ4n) is 0.856. The van der Waals surface area contributed by atoms with E-state index in [1.807, 2.05) is 12.1 Å². The van der Waals surface area contributed by atoms with Crippen molar-refractivity contribution in [3.63, 3.8) is 0 Å². The molecular weight excluding hydrogens is 232 g/mol. The number of urea groups is 1. The lowest BCUT2D eigenvalue weighted by Gasteiger charge is -1.82. The number of hydrogen-bond acceptors (Lipinski definition) is 3. The van der Waals surface area contributed by atoms with Crippen molar-refractivity contribution >= 4 is 6.03 Å². The van der Waals surface area contributed by atoms with Crippen LogP contribution in [0.4, 0.5) is 4.79 Å². The Bertz CT molecular complexity index is 391. The standard InChI is InChI=1S/2C6H6O.CH4N2O/c2*7-6-4-2-1-3-5-6;2-1(3)4/h2*1-5,7H;(H4,2,3,4). The van der Waals surface area contributed by atoms with Gasteiger partial charge in [0.25, 0.3) is 0 Å². The lowest BCUT2D eigenvalue weighted by molar-refractivity contribution is 0.256. The average molecular weight is 248 g/mol. The van der Waals surface area contributed by atoms with Gasteiger partial charge in [0.15, 0.2) is 0 Å². The summed E-state index contributed by atoms with van der Waals surface area (Å²) in [5.41, 5.74) is 8.50. The highest BCUT2D eigenvalue weighted by Crippen LogP contribution is 2.03. The van der Waals surface area contributed by atoms with E-state index in [1.54, 1.807) is 48.5 Å². The molecule has 2 aromatic carbocycles. The molecule has 0 saturated heterocycles. The first-order valence-electron chi connectivity index (χ1n) is 5.05. The summed E-state index contributed by atoms with van der Waals surface area (Å²) in [6, 6.07) is 16.6. The van der Waals surface area contributed by atoms with E-state index in [2.05, 4.69) is 11.5 Å². The van der Waals surface area contributed by atoms with Crippen LogP contribution >= 0.6 is 0 Å². The van der Waals surface area contributed by atoms with E-state index < -0.39 is 6.03 Å². The third-order valence-electron chi connectivity index (χ3n) is 1.51. The van der Waals surface area contributed by atoms with Crippen LogP contribution in [0, 0.1) is 0 Å². The van der Waals surface area contributed by atoms with Gasteiger partial charge in [-0.15, -0.1) is 0 Å². The summed E-state index contributed by atoms with van der Waals surface area (Å²) < 4.78 is 0. The van der Waals surface area contributed by atoms with Crippen LogP contribution in [-0.4, -0.2) is 16.2 Å². The lowest BCUT2D eigenvalue weighted by Crippen LogP contribution is -2.18. The van der Waals surface area contributed by atoms with Crippen molar-refractivity contribution in [2.75, 3.05) is 0 Å². The van der Waals surface area contributed by atoms with Crippen LogP contribution in [0.2, 0.25) is 0 Å². The molecular formula is C13H16N2O3.